The van der Waals surface area contributed by atoms with Crippen LogP contribution in [0.5, 0.6) is 11.5 Å². The molecule has 35 heavy (non-hydrogen) atoms. The van der Waals surface area contributed by atoms with Crippen LogP contribution >= 0.6 is 0 Å². The molecule has 6 heteroatoms. The Hall–Kier alpha value is -3.80. The highest BCUT2D eigenvalue weighted by Gasteiger charge is 2.29. The van der Waals surface area contributed by atoms with Crippen LogP contribution in [0.3, 0.4) is 0 Å². The molecule has 6 nitrogen and oxygen atoms in total. The van der Waals surface area contributed by atoms with E-state index in [0.717, 1.165) is 22.6 Å². The molecule has 0 radical (unpaired) electrons. The maximum Gasteiger partial charge on any atom is 0.243 e. The van der Waals surface area contributed by atoms with Gasteiger partial charge in [0.1, 0.15) is 17.5 Å². The number of ether oxygens (including phenoxy) is 2. The van der Waals surface area contributed by atoms with E-state index in [-0.39, 0.29) is 18.2 Å². The minimum atomic E-state index is -0.604. The van der Waals surface area contributed by atoms with Crippen molar-refractivity contribution >= 4 is 11.8 Å². The van der Waals surface area contributed by atoms with Crippen LogP contribution < -0.4 is 14.8 Å². The fourth-order valence-electron chi connectivity index (χ4n) is 3.86. The molecular formula is C29H34N2O4. The van der Waals surface area contributed by atoms with Gasteiger partial charge in [0.2, 0.25) is 11.8 Å². The van der Waals surface area contributed by atoms with Crippen molar-refractivity contribution in [2.75, 3.05) is 20.3 Å². The van der Waals surface area contributed by atoms with Crippen molar-refractivity contribution in [3.63, 3.8) is 0 Å². The number of hydrogen-bond donors (Lipinski definition) is 1. The molecule has 0 spiro atoms. The SMILES string of the molecule is CCNC(=O)[C@H](Cc1ccccc1)N(Cc1ccccc1)C(=O)CCCOc1ccc(OC)cc1. The topological polar surface area (TPSA) is 67.9 Å². The summed E-state index contributed by atoms with van der Waals surface area (Å²) in [6, 6.07) is 26.3. The summed E-state index contributed by atoms with van der Waals surface area (Å²) in [6.45, 7) is 3.17. The summed E-state index contributed by atoms with van der Waals surface area (Å²) in [5, 5.41) is 2.92. The van der Waals surface area contributed by atoms with Gasteiger partial charge in [-0.2, -0.15) is 0 Å². The molecule has 0 heterocycles. The molecule has 0 aliphatic carbocycles. The van der Waals surface area contributed by atoms with E-state index in [0.29, 0.717) is 32.5 Å². The van der Waals surface area contributed by atoms with Crippen LogP contribution in [-0.4, -0.2) is 43.0 Å². The smallest absolute Gasteiger partial charge is 0.243 e. The van der Waals surface area contributed by atoms with E-state index >= 15 is 0 Å². The summed E-state index contributed by atoms with van der Waals surface area (Å²) in [6.07, 6.45) is 1.28. The minimum Gasteiger partial charge on any atom is -0.497 e. The van der Waals surface area contributed by atoms with Crippen LogP contribution in [0.25, 0.3) is 0 Å². The van der Waals surface area contributed by atoms with Gasteiger partial charge in [0.05, 0.1) is 13.7 Å². The standard InChI is InChI=1S/C29H34N2O4/c1-3-30-29(33)27(21-23-11-6-4-7-12-23)31(22-24-13-8-5-9-14-24)28(32)15-10-20-35-26-18-16-25(34-2)17-19-26/h4-9,11-14,16-19,27H,3,10,15,20-22H2,1-2H3,(H,30,33)/t27-/m0/s1. The van der Waals surface area contributed by atoms with Gasteiger partial charge in [0.15, 0.2) is 0 Å². The first-order chi connectivity index (χ1) is 17.1. The summed E-state index contributed by atoms with van der Waals surface area (Å²) in [4.78, 5) is 28.3. The number of carbonyl (C=O) groups excluding carboxylic acids is 2. The zero-order valence-electron chi connectivity index (χ0n) is 20.5. The van der Waals surface area contributed by atoms with Crippen LogP contribution in [0, 0.1) is 0 Å². The highest BCUT2D eigenvalue weighted by Crippen LogP contribution is 2.19. The molecule has 2 amide bonds. The molecule has 0 fully saturated rings. The van der Waals surface area contributed by atoms with Gasteiger partial charge in [-0.3, -0.25) is 9.59 Å². The molecule has 0 saturated carbocycles. The van der Waals surface area contributed by atoms with E-state index in [1.807, 2.05) is 91.9 Å². The van der Waals surface area contributed by atoms with Gasteiger partial charge in [-0.25, -0.2) is 0 Å². The number of hydrogen-bond acceptors (Lipinski definition) is 4. The van der Waals surface area contributed by atoms with Gasteiger partial charge >= 0.3 is 0 Å². The first kappa shape index (κ1) is 25.8. The monoisotopic (exact) mass is 474 g/mol. The van der Waals surface area contributed by atoms with Crippen molar-refractivity contribution in [3.05, 3.63) is 96.1 Å². The maximum atomic E-state index is 13.5. The van der Waals surface area contributed by atoms with Crippen molar-refractivity contribution in [3.8, 4) is 11.5 Å². The van der Waals surface area contributed by atoms with Gasteiger partial charge < -0.3 is 19.7 Å². The van der Waals surface area contributed by atoms with E-state index in [9.17, 15) is 9.59 Å². The predicted octanol–water partition coefficient (Wildman–Crippen LogP) is 4.63. The van der Waals surface area contributed by atoms with Gasteiger partial charge in [0, 0.05) is 25.9 Å². The Morgan fingerprint density at radius 3 is 2.06 bits per heavy atom. The number of methoxy groups -OCH3 is 1. The lowest BCUT2D eigenvalue weighted by atomic mass is 10.0. The lowest BCUT2D eigenvalue weighted by Gasteiger charge is -2.31. The van der Waals surface area contributed by atoms with Crippen LogP contribution in [0.2, 0.25) is 0 Å². The summed E-state index contributed by atoms with van der Waals surface area (Å²) in [5.41, 5.74) is 2.00. The third-order valence-electron chi connectivity index (χ3n) is 5.68. The van der Waals surface area contributed by atoms with E-state index in [2.05, 4.69) is 5.32 Å². The van der Waals surface area contributed by atoms with Crippen LogP contribution in [-0.2, 0) is 22.6 Å². The Labute approximate surface area is 207 Å². The normalized spacial score (nSPS) is 11.4. The molecular weight excluding hydrogens is 440 g/mol. The van der Waals surface area contributed by atoms with E-state index in [1.165, 1.54) is 0 Å². The Morgan fingerprint density at radius 2 is 1.46 bits per heavy atom. The third-order valence-corrected chi connectivity index (χ3v) is 5.68. The first-order valence-corrected chi connectivity index (χ1v) is 12.0. The van der Waals surface area contributed by atoms with Gasteiger partial charge in [-0.05, 0) is 48.7 Å². The average Bonchev–Trinajstić information content (AvgIpc) is 2.90. The number of nitrogens with one attached hydrogen (secondary N) is 1. The maximum absolute atomic E-state index is 13.5. The Kier molecular flexibility index (Phi) is 10.2. The van der Waals surface area contributed by atoms with Crippen LogP contribution in [0.1, 0.15) is 30.9 Å². The molecule has 0 saturated heterocycles. The van der Waals surface area contributed by atoms with E-state index in [1.54, 1.807) is 12.0 Å². The lowest BCUT2D eigenvalue weighted by Crippen LogP contribution is -2.50. The zero-order valence-corrected chi connectivity index (χ0v) is 20.5. The number of rotatable bonds is 13. The summed E-state index contributed by atoms with van der Waals surface area (Å²) in [7, 11) is 1.62. The number of benzene rings is 3. The summed E-state index contributed by atoms with van der Waals surface area (Å²) in [5.74, 6) is 1.28. The average molecular weight is 475 g/mol. The third kappa shape index (κ3) is 8.18. The number of likely N-dealkylation sites (N-methyl/N-ethyl adjacent to an activating group) is 1. The summed E-state index contributed by atoms with van der Waals surface area (Å²) < 4.78 is 11.0. The molecule has 0 aromatic heterocycles. The first-order valence-electron chi connectivity index (χ1n) is 12.0. The lowest BCUT2D eigenvalue weighted by molar-refractivity contribution is -0.141. The molecule has 0 aliphatic rings. The fraction of sp³-hybridized carbons (Fsp3) is 0.310. The number of amides is 2. The molecule has 0 unspecified atom stereocenters. The largest absolute Gasteiger partial charge is 0.497 e. The van der Waals surface area contributed by atoms with Crippen molar-refractivity contribution in [2.45, 2.75) is 38.8 Å². The molecule has 0 bridgehead atoms. The second kappa shape index (κ2) is 13.8. The summed E-state index contributed by atoms with van der Waals surface area (Å²) >= 11 is 0. The van der Waals surface area contributed by atoms with E-state index in [4.69, 9.17) is 9.47 Å². The molecule has 1 atom stereocenters. The second-order valence-electron chi connectivity index (χ2n) is 8.23. The van der Waals surface area contributed by atoms with Crippen molar-refractivity contribution < 1.29 is 19.1 Å². The second-order valence-corrected chi connectivity index (χ2v) is 8.23. The number of carbonyl (C=O) groups is 2. The Balaban J connectivity index is 1.71. The van der Waals surface area contributed by atoms with Crippen molar-refractivity contribution in [1.29, 1.82) is 0 Å². The molecule has 3 aromatic rings. The molecule has 184 valence electrons. The highest BCUT2D eigenvalue weighted by molar-refractivity contribution is 5.88. The van der Waals surface area contributed by atoms with Crippen molar-refractivity contribution in [1.82, 2.24) is 10.2 Å². The Bertz CT molecular complexity index is 1040. The predicted molar refractivity (Wildman–Crippen MR) is 137 cm³/mol. The molecule has 0 aliphatic heterocycles. The minimum absolute atomic E-state index is 0.0700. The zero-order chi connectivity index (χ0) is 24.9. The van der Waals surface area contributed by atoms with Crippen LogP contribution in [0.15, 0.2) is 84.9 Å². The fourth-order valence-corrected chi connectivity index (χ4v) is 3.86. The van der Waals surface area contributed by atoms with Gasteiger partial charge in [0.25, 0.3) is 0 Å². The van der Waals surface area contributed by atoms with E-state index < -0.39 is 6.04 Å². The Morgan fingerprint density at radius 1 is 0.857 bits per heavy atom. The molecule has 3 rings (SSSR count). The van der Waals surface area contributed by atoms with Gasteiger partial charge in [-0.1, -0.05) is 60.7 Å². The number of nitrogens with zero attached hydrogens (tertiary/aromatic N) is 1. The molecule has 3 aromatic carbocycles. The van der Waals surface area contributed by atoms with Gasteiger partial charge in [-0.15, -0.1) is 0 Å². The quantitative estimate of drug-likeness (QED) is 0.367. The van der Waals surface area contributed by atoms with Crippen molar-refractivity contribution in [2.24, 2.45) is 0 Å². The van der Waals surface area contributed by atoms with Crippen LogP contribution in [0.4, 0.5) is 0 Å². The molecule has 1 N–H and O–H groups in total. The highest BCUT2D eigenvalue weighted by atomic mass is 16.5.